The summed E-state index contributed by atoms with van der Waals surface area (Å²) in [4.78, 5) is 37.6. The Balaban J connectivity index is 5.27. The Morgan fingerprint density at radius 3 is 1.35 bits per heavy atom. The van der Waals surface area contributed by atoms with Gasteiger partial charge in [-0.2, -0.15) is 0 Å². The van der Waals surface area contributed by atoms with Gasteiger partial charge in [0.1, 0.15) is 19.3 Å². The van der Waals surface area contributed by atoms with Crippen molar-refractivity contribution in [2.24, 2.45) is 0 Å². The summed E-state index contributed by atoms with van der Waals surface area (Å²) in [6, 6.07) is -0.863. The van der Waals surface area contributed by atoms with E-state index in [0.717, 1.165) is 83.5 Å². The van der Waals surface area contributed by atoms with Gasteiger partial charge in [0.2, 0.25) is 5.91 Å². The van der Waals surface area contributed by atoms with Crippen LogP contribution >= 0.6 is 7.82 Å². The van der Waals surface area contributed by atoms with E-state index >= 15 is 0 Å². The number of ether oxygens (including phenoxy) is 1. The van der Waals surface area contributed by atoms with Gasteiger partial charge >= 0.3 is 13.8 Å². The molecule has 1 amide bonds. The van der Waals surface area contributed by atoms with E-state index in [9.17, 15) is 19.0 Å². The third-order valence-electron chi connectivity index (χ3n) is 13.2. The van der Waals surface area contributed by atoms with E-state index in [4.69, 9.17) is 13.8 Å². The lowest BCUT2D eigenvalue weighted by Gasteiger charge is -2.27. The number of likely N-dealkylation sites (N-methyl/N-ethyl adjacent to an activating group) is 1. The highest BCUT2D eigenvalue weighted by atomic mass is 31.2. The van der Waals surface area contributed by atoms with E-state index in [2.05, 4.69) is 74.7 Å². The van der Waals surface area contributed by atoms with Crippen molar-refractivity contribution in [1.82, 2.24) is 5.32 Å². The first-order valence-electron chi connectivity index (χ1n) is 30.1. The molecular formula is C62H116N2O7P+. The molecule has 3 unspecified atom stereocenters. The van der Waals surface area contributed by atoms with Gasteiger partial charge in [-0.1, -0.05) is 249 Å². The van der Waals surface area contributed by atoms with Gasteiger partial charge in [0.25, 0.3) is 0 Å². The molecular weight excluding hydrogens is 916 g/mol. The van der Waals surface area contributed by atoms with E-state index < -0.39 is 20.0 Å². The molecule has 2 N–H and O–H groups in total. The van der Waals surface area contributed by atoms with Crippen molar-refractivity contribution in [2.75, 3.05) is 40.9 Å². The molecule has 9 nitrogen and oxygen atoms in total. The van der Waals surface area contributed by atoms with Crippen LogP contribution in [0.2, 0.25) is 0 Å². The van der Waals surface area contributed by atoms with Gasteiger partial charge in [-0.05, 0) is 70.3 Å². The number of carbonyl (C=O) groups is 2. The zero-order valence-corrected chi connectivity index (χ0v) is 48.8. The highest BCUT2D eigenvalue weighted by molar-refractivity contribution is 7.47. The fourth-order valence-electron chi connectivity index (χ4n) is 8.58. The van der Waals surface area contributed by atoms with Crippen LogP contribution < -0.4 is 5.32 Å². The summed E-state index contributed by atoms with van der Waals surface area (Å²) in [6.07, 6.45) is 65.1. The molecule has 0 aliphatic rings. The van der Waals surface area contributed by atoms with Crippen LogP contribution in [0.3, 0.4) is 0 Å². The smallest absolute Gasteiger partial charge is 0.456 e. The minimum Gasteiger partial charge on any atom is -0.456 e. The second kappa shape index (κ2) is 52.2. The van der Waals surface area contributed by atoms with Crippen molar-refractivity contribution in [3.8, 4) is 0 Å². The average molecular weight is 1030 g/mol. The quantitative estimate of drug-likeness (QED) is 0.0205. The summed E-state index contributed by atoms with van der Waals surface area (Å²) in [5.41, 5.74) is 0. The number of amides is 1. The topological polar surface area (TPSA) is 111 Å². The summed E-state index contributed by atoms with van der Waals surface area (Å²) in [5.74, 6) is -0.535. The Labute approximate surface area is 445 Å². The lowest BCUT2D eigenvalue weighted by atomic mass is 10.0. The molecule has 0 bridgehead atoms. The molecule has 0 spiro atoms. The van der Waals surface area contributed by atoms with E-state index in [1.807, 2.05) is 33.3 Å². The summed E-state index contributed by atoms with van der Waals surface area (Å²) in [7, 11) is 1.48. The molecule has 0 rings (SSSR count). The molecule has 0 aromatic rings. The first-order chi connectivity index (χ1) is 34.9. The molecule has 0 aromatic heterocycles. The number of hydrogen-bond acceptors (Lipinski definition) is 6. The lowest BCUT2D eigenvalue weighted by Crippen LogP contribution is -2.47. The first-order valence-corrected chi connectivity index (χ1v) is 31.6. The van der Waals surface area contributed by atoms with Crippen LogP contribution in [0.25, 0.3) is 0 Å². The molecule has 0 fully saturated rings. The maximum absolute atomic E-state index is 13.5. The number of hydrogen-bond donors (Lipinski definition) is 2. The minimum atomic E-state index is -4.45. The van der Waals surface area contributed by atoms with Crippen LogP contribution in [-0.2, 0) is 27.9 Å². The second-order valence-corrected chi connectivity index (χ2v) is 23.0. The number of nitrogens with zero attached hydrogens (tertiary/aromatic N) is 1. The number of phosphoric ester groups is 1. The minimum absolute atomic E-state index is 0.0334. The van der Waals surface area contributed by atoms with Crippen molar-refractivity contribution in [3.05, 3.63) is 60.8 Å². The summed E-state index contributed by atoms with van der Waals surface area (Å²) in [6.45, 7) is 6.88. The van der Waals surface area contributed by atoms with E-state index in [1.165, 1.54) is 148 Å². The largest absolute Gasteiger partial charge is 0.472 e. The molecule has 0 aromatic carbocycles. The maximum atomic E-state index is 13.5. The van der Waals surface area contributed by atoms with Crippen LogP contribution in [0.1, 0.15) is 271 Å². The standard InChI is InChI=1S/C62H115N2O7P/c1-7-10-13-16-19-22-25-27-29-31-32-33-35-37-40-43-46-49-52-55-62(66)71-60(53-50-47-44-41-38-24-21-18-15-12-9-3)59(58-70-72(67,68)69-57-56-64(4,5)6)63-61(65)54-51-48-45-42-39-36-34-30-28-26-23-20-17-14-11-8-2/h11,14,20,23,28,30,36,39,50,53,59-60H,7-10,12-13,15-19,21-22,24-27,29,31-35,37-38,40-49,51-52,54-58H2,1-6H3,(H-,63,65,67,68)/p+1/b14-11+,23-20+,30-28+,39-36+,53-50+. The fourth-order valence-corrected chi connectivity index (χ4v) is 9.31. The SMILES string of the molecule is CC/C=C/C/C=C/C/C=C/C/C=C/CCCCCC(=O)NC(COP(=O)(O)OCC[N+](C)(C)C)C(/C=C/CCCCCCCCCCC)OC(=O)CCCCCCCCCCCCCCCCCCCCC. The first kappa shape index (κ1) is 69.7. The van der Waals surface area contributed by atoms with Gasteiger partial charge in [-0.25, -0.2) is 4.57 Å². The third kappa shape index (κ3) is 52.6. The normalized spacial score (nSPS) is 14.2. The van der Waals surface area contributed by atoms with Gasteiger partial charge in [-0.15, -0.1) is 0 Å². The number of carbonyl (C=O) groups excluding carboxylic acids is 2. The number of esters is 1. The van der Waals surface area contributed by atoms with Crippen molar-refractivity contribution in [1.29, 1.82) is 0 Å². The Kier molecular flexibility index (Phi) is 50.5. The molecule has 72 heavy (non-hydrogen) atoms. The van der Waals surface area contributed by atoms with Crippen LogP contribution in [0, 0.1) is 0 Å². The molecule has 10 heteroatoms. The molecule has 420 valence electrons. The number of phosphoric acid groups is 1. The highest BCUT2D eigenvalue weighted by Crippen LogP contribution is 2.43. The van der Waals surface area contributed by atoms with Crippen molar-refractivity contribution in [3.63, 3.8) is 0 Å². The lowest BCUT2D eigenvalue weighted by molar-refractivity contribution is -0.870. The predicted octanol–water partition coefficient (Wildman–Crippen LogP) is 18.3. The summed E-state index contributed by atoms with van der Waals surface area (Å²) < 4.78 is 30.6. The monoisotopic (exact) mass is 1030 g/mol. The molecule has 0 heterocycles. The number of allylic oxidation sites excluding steroid dienone is 9. The van der Waals surface area contributed by atoms with Crippen LogP contribution in [0.15, 0.2) is 60.8 Å². The molecule has 0 saturated carbocycles. The Morgan fingerprint density at radius 1 is 0.500 bits per heavy atom. The Hall–Kier alpha value is -2.29. The summed E-state index contributed by atoms with van der Waals surface area (Å²) >= 11 is 0. The van der Waals surface area contributed by atoms with E-state index in [-0.39, 0.29) is 31.5 Å². The predicted molar refractivity (Wildman–Crippen MR) is 309 cm³/mol. The van der Waals surface area contributed by atoms with Gasteiger partial charge in [0.05, 0.1) is 33.8 Å². The van der Waals surface area contributed by atoms with Crippen LogP contribution in [0.5, 0.6) is 0 Å². The second-order valence-electron chi connectivity index (χ2n) is 21.5. The van der Waals surface area contributed by atoms with Crippen molar-refractivity contribution < 1.29 is 37.3 Å². The fraction of sp³-hybridized carbons (Fsp3) is 0.806. The van der Waals surface area contributed by atoms with Gasteiger partial charge in [-0.3, -0.25) is 18.6 Å². The van der Waals surface area contributed by atoms with Gasteiger partial charge in [0, 0.05) is 12.8 Å². The molecule has 0 aliphatic carbocycles. The third-order valence-corrected chi connectivity index (χ3v) is 14.2. The zero-order chi connectivity index (χ0) is 52.9. The maximum Gasteiger partial charge on any atom is 0.472 e. The van der Waals surface area contributed by atoms with Gasteiger partial charge in [0.15, 0.2) is 0 Å². The van der Waals surface area contributed by atoms with Crippen molar-refractivity contribution >= 4 is 19.7 Å². The average Bonchev–Trinajstić information content (AvgIpc) is 3.34. The zero-order valence-electron chi connectivity index (χ0n) is 47.9. The Bertz CT molecular complexity index is 1420. The number of quaternary nitrogens is 1. The number of unbranched alkanes of at least 4 members (excludes halogenated alkanes) is 30. The summed E-state index contributed by atoms with van der Waals surface area (Å²) in [5, 5.41) is 3.03. The molecule has 3 atom stereocenters. The number of rotatable bonds is 54. The van der Waals surface area contributed by atoms with Crippen molar-refractivity contribution in [2.45, 2.75) is 283 Å². The van der Waals surface area contributed by atoms with E-state index in [0.29, 0.717) is 23.9 Å². The Morgan fingerprint density at radius 2 is 0.889 bits per heavy atom. The molecule has 0 aliphatic heterocycles. The highest BCUT2D eigenvalue weighted by Gasteiger charge is 2.30. The van der Waals surface area contributed by atoms with E-state index in [1.54, 1.807) is 0 Å². The molecule has 0 radical (unpaired) electrons. The molecule has 0 saturated heterocycles. The van der Waals surface area contributed by atoms with Gasteiger partial charge < -0.3 is 19.4 Å². The number of nitrogens with one attached hydrogen (secondary N) is 1. The van der Waals surface area contributed by atoms with Crippen LogP contribution in [0.4, 0.5) is 0 Å². The van der Waals surface area contributed by atoms with Crippen LogP contribution in [-0.4, -0.2) is 74.3 Å².